The van der Waals surface area contributed by atoms with Crippen LogP contribution in [-0.2, 0) is 6.54 Å². The first-order valence-electron chi connectivity index (χ1n) is 9.07. The molecule has 3 rings (SSSR count). The van der Waals surface area contributed by atoms with E-state index in [1.54, 1.807) is 19.9 Å². The number of benzene rings is 2. The molecule has 0 saturated heterocycles. The molecule has 0 fully saturated rings. The summed E-state index contributed by atoms with van der Waals surface area (Å²) in [6.45, 7) is 5.21. The van der Waals surface area contributed by atoms with E-state index in [0.29, 0.717) is 29.1 Å². The zero-order valence-corrected chi connectivity index (χ0v) is 16.3. The molecule has 0 atom stereocenters. The number of ketones is 1. The zero-order valence-electron chi connectivity index (χ0n) is 16.3. The molecule has 0 aliphatic heterocycles. The van der Waals surface area contributed by atoms with Crippen LogP contribution in [0.5, 0.6) is 0 Å². The molecule has 8 heteroatoms. The van der Waals surface area contributed by atoms with E-state index in [9.17, 15) is 19.7 Å². The lowest BCUT2D eigenvalue weighted by Gasteiger charge is -2.17. The van der Waals surface area contributed by atoms with Crippen LogP contribution in [-0.4, -0.2) is 20.5 Å². The van der Waals surface area contributed by atoms with Gasteiger partial charge in [-0.15, -0.1) is 0 Å². The van der Waals surface area contributed by atoms with Crippen molar-refractivity contribution >= 4 is 22.8 Å². The number of aryl methyl sites for hydroxylation is 2. The second kappa shape index (κ2) is 8.05. The van der Waals surface area contributed by atoms with E-state index in [0.717, 1.165) is 0 Å². The fourth-order valence-corrected chi connectivity index (χ4v) is 3.03. The van der Waals surface area contributed by atoms with Crippen LogP contribution in [0.1, 0.15) is 29.8 Å². The van der Waals surface area contributed by atoms with Gasteiger partial charge in [0.2, 0.25) is 0 Å². The van der Waals surface area contributed by atoms with Crippen LogP contribution >= 0.6 is 0 Å². The van der Waals surface area contributed by atoms with Gasteiger partial charge in [-0.25, -0.2) is 4.68 Å². The lowest BCUT2D eigenvalue weighted by atomic mass is 10.0. The molecule has 0 amide bonds. The van der Waals surface area contributed by atoms with Crippen molar-refractivity contribution in [2.24, 2.45) is 0 Å². The maximum Gasteiger partial charge on any atom is 0.291 e. The Balaban J connectivity index is 2.28. The molecule has 3 aromatic rings. The van der Waals surface area contributed by atoms with Gasteiger partial charge in [-0.2, -0.15) is 5.10 Å². The van der Waals surface area contributed by atoms with Gasteiger partial charge in [-0.1, -0.05) is 36.4 Å². The lowest BCUT2D eigenvalue weighted by Crippen LogP contribution is -2.28. The van der Waals surface area contributed by atoms with Gasteiger partial charge < -0.3 is 5.32 Å². The Morgan fingerprint density at radius 2 is 1.90 bits per heavy atom. The number of nitrogens with zero attached hydrogens (tertiary/aromatic N) is 3. The van der Waals surface area contributed by atoms with Gasteiger partial charge in [0.25, 0.3) is 11.2 Å². The van der Waals surface area contributed by atoms with Gasteiger partial charge in [0.15, 0.2) is 5.78 Å². The molecule has 2 aromatic carbocycles. The fourth-order valence-electron chi connectivity index (χ4n) is 3.03. The number of carbonyl (C=O) groups excluding carboxylic acids is 1. The number of rotatable bonds is 6. The molecule has 8 nitrogen and oxygen atoms in total. The van der Waals surface area contributed by atoms with Crippen LogP contribution in [0, 0.1) is 17.0 Å². The standard InChI is InChI=1S/C21H20N4O4/c1-4-24-21(27)20(22-17-12-16(25(28)29)11-10-13(17)2)18(14(3)26)19(23-24)15-8-6-5-7-9-15/h5-12,22H,4H2,1-3H3. The quantitative estimate of drug-likeness (QED) is 0.385. The van der Waals surface area contributed by atoms with Gasteiger partial charge in [-0.05, 0) is 26.3 Å². The summed E-state index contributed by atoms with van der Waals surface area (Å²) in [5.74, 6) is -0.331. The number of hydrogen-bond donors (Lipinski definition) is 1. The predicted molar refractivity (Wildman–Crippen MR) is 111 cm³/mol. The minimum absolute atomic E-state index is 0.0526. The highest BCUT2D eigenvalue weighted by Gasteiger charge is 2.22. The van der Waals surface area contributed by atoms with Crippen LogP contribution < -0.4 is 10.9 Å². The Kier molecular flexibility index (Phi) is 5.54. The largest absolute Gasteiger partial charge is 0.350 e. The SMILES string of the molecule is CCn1nc(-c2ccccc2)c(C(C)=O)c(Nc2cc([N+](=O)[O-])ccc2C)c1=O. The van der Waals surface area contributed by atoms with Gasteiger partial charge >= 0.3 is 0 Å². The molecule has 0 radical (unpaired) electrons. The van der Waals surface area contributed by atoms with Crippen LogP contribution in [0.3, 0.4) is 0 Å². The maximum atomic E-state index is 13.0. The third-order valence-electron chi connectivity index (χ3n) is 4.55. The van der Waals surface area contributed by atoms with Gasteiger partial charge in [0.1, 0.15) is 11.4 Å². The normalized spacial score (nSPS) is 10.6. The van der Waals surface area contributed by atoms with Crippen molar-refractivity contribution in [3.63, 3.8) is 0 Å². The van der Waals surface area contributed by atoms with Crippen molar-refractivity contribution in [1.29, 1.82) is 0 Å². The summed E-state index contributed by atoms with van der Waals surface area (Å²) >= 11 is 0. The smallest absolute Gasteiger partial charge is 0.291 e. The van der Waals surface area contributed by atoms with Crippen molar-refractivity contribution in [3.05, 3.63) is 80.1 Å². The van der Waals surface area contributed by atoms with Crippen LogP contribution in [0.15, 0.2) is 53.3 Å². The van der Waals surface area contributed by atoms with E-state index in [1.165, 1.54) is 23.7 Å². The molecular weight excluding hydrogens is 372 g/mol. The van der Waals surface area contributed by atoms with E-state index < -0.39 is 10.5 Å². The number of carbonyl (C=O) groups is 1. The molecular formula is C21H20N4O4. The van der Waals surface area contributed by atoms with Crippen LogP contribution in [0.2, 0.25) is 0 Å². The Labute approximate surface area is 167 Å². The number of nitrogens with one attached hydrogen (secondary N) is 1. The molecule has 0 aliphatic carbocycles. The number of anilines is 2. The number of Topliss-reactive ketones (excluding diaryl/α,β-unsaturated/α-hetero) is 1. The van der Waals surface area contributed by atoms with E-state index in [4.69, 9.17) is 0 Å². The summed E-state index contributed by atoms with van der Waals surface area (Å²) in [5, 5.41) is 18.5. The first kappa shape index (κ1) is 19.9. The predicted octanol–water partition coefficient (Wildman–Crippen LogP) is 4.09. The van der Waals surface area contributed by atoms with Crippen LogP contribution in [0.4, 0.5) is 17.1 Å². The summed E-state index contributed by atoms with van der Waals surface area (Å²) in [4.78, 5) is 36.2. The highest BCUT2D eigenvalue weighted by Crippen LogP contribution is 2.30. The third kappa shape index (κ3) is 3.91. The molecule has 1 N–H and O–H groups in total. The average Bonchev–Trinajstić information content (AvgIpc) is 2.70. The molecule has 29 heavy (non-hydrogen) atoms. The molecule has 0 bridgehead atoms. The summed E-state index contributed by atoms with van der Waals surface area (Å²) in [6.07, 6.45) is 0. The molecule has 1 heterocycles. The molecule has 0 saturated carbocycles. The second-order valence-electron chi connectivity index (χ2n) is 6.52. The Hall–Kier alpha value is -3.81. The molecule has 0 aliphatic rings. The van der Waals surface area contributed by atoms with Crippen molar-refractivity contribution in [3.8, 4) is 11.3 Å². The van der Waals surface area contributed by atoms with E-state index in [1.807, 2.05) is 30.3 Å². The number of aromatic nitrogens is 2. The first-order valence-corrected chi connectivity index (χ1v) is 9.07. The number of hydrogen-bond acceptors (Lipinski definition) is 6. The zero-order chi connectivity index (χ0) is 21.1. The van der Waals surface area contributed by atoms with Gasteiger partial charge in [0, 0.05) is 29.9 Å². The van der Waals surface area contributed by atoms with E-state index >= 15 is 0 Å². The first-order chi connectivity index (χ1) is 13.8. The Morgan fingerprint density at radius 3 is 2.48 bits per heavy atom. The van der Waals surface area contributed by atoms with Gasteiger partial charge in [-0.3, -0.25) is 19.7 Å². The average molecular weight is 392 g/mol. The van der Waals surface area contributed by atoms with E-state index in [2.05, 4.69) is 10.4 Å². The monoisotopic (exact) mass is 392 g/mol. The number of nitro groups is 1. The molecule has 0 spiro atoms. The maximum absolute atomic E-state index is 13.0. The summed E-state index contributed by atoms with van der Waals surface area (Å²) in [5.41, 5.74) is 1.77. The second-order valence-corrected chi connectivity index (χ2v) is 6.52. The minimum atomic E-state index is -0.511. The highest BCUT2D eigenvalue weighted by molar-refractivity contribution is 6.05. The topological polar surface area (TPSA) is 107 Å². The van der Waals surface area contributed by atoms with Crippen molar-refractivity contribution in [2.75, 3.05) is 5.32 Å². The number of non-ortho nitro benzene ring substituents is 1. The van der Waals surface area contributed by atoms with E-state index in [-0.39, 0.29) is 22.7 Å². The van der Waals surface area contributed by atoms with Crippen molar-refractivity contribution < 1.29 is 9.72 Å². The van der Waals surface area contributed by atoms with Gasteiger partial charge in [0.05, 0.1) is 10.5 Å². The van der Waals surface area contributed by atoms with Crippen molar-refractivity contribution in [2.45, 2.75) is 27.3 Å². The minimum Gasteiger partial charge on any atom is -0.350 e. The fraction of sp³-hybridized carbons (Fsp3) is 0.190. The Bertz CT molecular complexity index is 1150. The molecule has 148 valence electrons. The summed E-state index contributed by atoms with van der Waals surface area (Å²) < 4.78 is 1.27. The molecule has 0 unspecified atom stereocenters. The number of nitro benzene ring substituents is 1. The lowest BCUT2D eigenvalue weighted by molar-refractivity contribution is -0.384. The summed E-state index contributed by atoms with van der Waals surface area (Å²) in [7, 11) is 0. The summed E-state index contributed by atoms with van der Waals surface area (Å²) in [6, 6.07) is 13.4. The van der Waals surface area contributed by atoms with Crippen LogP contribution in [0.25, 0.3) is 11.3 Å². The Morgan fingerprint density at radius 1 is 1.21 bits per heavy atom. The molecule has 1 aromatic heterocycles. The van der Waals surface area contributed by atoms with Crippen molar-refractivity contribution in [1.82, 2.24) is 9.78 Å². The third-order valence-corrected chi connectivity index (χ3v) is 4.55. The highest BCUT2D eigenvalue weighted by atomic mass is 16.6.